The minimum atomic E-state index is 0.759. The van der Waals surface area contributed by atoms with Crippen molar-refractivity contribution in [2.24, 2.45) is 11.8 Å². The van der Waals surface area contributed by atoms with Gasteiger partial charge < -0.3 is 5.32 Å². The van der Waals surface area contributed by atoms with Gasteiger partial charge in [-0.15, -0.1) is 0 Å². The van der Waals surface area contributed by atoms with Crippen LogP contribution >= 0.6 is 11.8 Å². The van der Waals surface area contributed by atoms with Crippen molar-refractivity contribution in [3.63, 3.8) is 0 Å². The fraction of sp³-hybridized carbons (Fsp3) is 1.00. The Morgan fingerprint density at radius 3 is 2.44 bits per heavy atom. The first-order valence-corrected chi connectivity index (χ1v) is 8.91. The second kappa shape index (κ2) is 8.47. The van der Waals surface area contributed by atoms with Crippen LogP contribution in [0, 0.1) is 11.8 Å². The SMILES string of the molecule is CCCC1CCC(NCC)C(SC(C)C(C)C)C1. The van der Waals surface area contributed by atoms with Crippen LogP contribution in [0.3, 0.4) is 0 Å². The molecule has 108 valence electrons. The van der Waals surface area contributed by atoms with E-state index in [9.17, 15) is 0 Å². The second-order valence-corrected chi connectivity index (χ2v) is 7.88. The van der Waals surface area contributed by atoms with Crippen molar-refractivity contribution in [3.8, 4) is 0 Å². The topological polar surface area (TPSA) is 12.0 Å². The van der Waals surface area contributed by atoms with Gasteiger partial charge in [-0.05, 0) is 37.6 Å². The van der Waals surface area contributed by atoms with Crippen LogP contribution in [0.25, 0.3) is 0 Å². The van der Waals surface area contributed by atoms with Gasteiger partial charge in [-0.25, -0.2) is 0 Å². The van der Waals surface area contributed by atoms with Crippen LogP contribution < -0.4 is 5.32 Å². The Morgan fingerprint density at radius 2 is 1.89 bits per heavy atom. The highest BCUT2D eigenvalue weighted by atomic mass is 32.2. The molecule has 0 heterocycles. The lowest BCUT2D eigenvalue weighted by atomic mass is 9.83. The molecule has 0 saturated heterocycles. The molecule has 18 heavy (non-hydrogen) atoms. The van der Waals surface area contributed by atoms with E-state index in [-0.39, 0.29) is 0 Å². The maximum atomic E-state index is 3.72. The molecule has 1 nitrogen and oxygen atoms in total. The molecular formula is C16H33NS. The summed E-state index contributed by atoms with van der Waals surface area (Å²) in [7, 11) is 0. The van der Waals surface area contributed by atoms with Crippen molar-refractivity contribution in [2.75, 3.05) is 6.54 Å². The van der Waals surface area contributed by atoms with Gasteiger partial charge in [0.2, 0.25) is 0 Å². The summed E-state index contributed by atoms with van der Waals surface area (Å²) in [5.74, 6) is 1.78. The van der Waals surface area contributed by atoms with E-state index in [1.807, 2.05) is 0 Å². The third kappa shape index (κ3) is 5.13. The van der Waals surface area contributed by atoms with Crippen molar-refractivity contribution >= 4 is 11.8 Å². The molecule has 0 aromatic heterocycles. The summed E-state index contributed by atoms with van der Waals surface area (Å²) in [5.41, 5.74) is 0. The summed E-state index contributed by atoms with van der Waals surface area (Å²) < 4.78 is 0. The zero-order chi connectivity index (χ0) is 13.5. The van der Waals surface area contributed by atoms with Crippen molar-refractivity contribution in [3.05, 3.63) is 0 Å². The summed E-state index contributed by atoms with van der Waals surface area (Å²) >= 11 is 2.24. The van der Waals surface area contributed by atoms with Crippen molar-refractivity contribution in [1.82, 2.24) is 5.32 Å². The minimum absolute atomic E-state index is 0.759. The van der Waals surface area contributed by atoms with E-state index in [2.05, 4.69) is 51.7 Å². The van der Waals surface area contributed by atoms with Gasteiger partial charge >= 0.3 is 0 Å². The molecule has 4 atom stereocenters. The smallest absolute Gasteiger partial charge is 0.0206 e. The Balaban J connectivity index is 2.54. The number of rotatable bonds is 7. The number of hydrogen-bond donors (Lipinski definition) is 1. The molecule has 0 amide bonds. The van der Waals surface area contributed by atoms with E-state index < -0.39 is 0 Å². The van der Waals surface area contributed by atoms with E-state index in [0.29, 0.717) is 0 Å². The first kappa shape index (κ1) is 16.4. The average molecular weight is 272 g/mol. The summed E-state index contributed by atoms with van der Waals surface area (Å²) in [6.07, 6.45) is 7.06. The molecule has 1 saturated carbocycles. The Bertz CT molecular complexity index is 217. The van der Waals surface area contributed by atoms with Gasteiger partial charge in [-0.1, -0.05) is 47.5 Å². The third-order valence-electron chi connectivity index (χ3n) is 4.39. The Morgan fingerprint density at radius 1 is 1.17 bits per heavy atom. The fourth-order valence-electron chi connectivity index (χ4n) is 2.96. The van der Waals surface area contributed by atoms with Gasteiger partial charge in [0.1, 0.15) is 0 Å². The molecule has 1 fully saturated rings. The predicted octanol–water partition coefficient (Wildman–Crippen LogP) is 4.71. The van der Waals surface area contributed by atoms with Crippen LogP contribution in [0.15, 0.2) is 0 Å². The molecule has 0 bridgehead atoms. The molecule has 1 aliphatic carbocycles. The van der Waals surface area contributed by atoms with E-state index in [1.165, 1.54) is 32.1 Å². The van der Waals surface area contributed by atoms with E-state index in [4.69, 9.17) is 0 Å². The van der Waals surface area contributed by atoms with Crippen LogP contribution in [0.5, 0.6) is 0 Å². The molecule has 0 aromatic rings. The highest BCUT2D eigenvalue weighted by molar-refractivity contribution is 8.00. The molecule has 0 aromatic carbocycles. The fourth-order valence-corrected chi connectivity index (χ4v) is 4.63. The molecule has 1 aliphatic rings. The van der Waals surface area contributed by atoms with Gasteiger partial charge in [0.15, 0.2) is 0 Å². The van der Waals surface area contributed by atoms with Crippen molar-refractivity contribution < 1.29 is 0 Å². The van der Waals surface area contributed by atoms with Crippen LogP contribution in [-0.4, -0.2) is 23.1 Å². The molecule has 0 radical (unpaired) electrons. The largest absolute Gasteiger partial charge is 0.313 e. The van der Waals surface area contributed by atoms with Gasteiger partial charge in [-0.3, -0.25) is 0 Å². The quantitative estimate of drug-likeness (QED) is 0.719. The third-order valence-corrected chi connectivity index (χ3v) is 6.24. The zero-order valence-electron chi connectivity index (χ0n) is 13.0. The maximum absolute atomic E-state index is 3.72. The molecule has 0 spiro atoms. The highest BCUT2D eigenvalue weighted by Gasteiger charge is 2.31. The predicted molar refractivity (Wildman–Crippen MR) is 85.4 cm³/mol. The van der Waals surface area contributed by atoms with Gasteiger partial charge in [0.25, 0.3) is 0 Å². The average Bonchev–Trinajstić information content (AvgIpc) is 2.33. The highest BCUT2D eigenvalue weighted by Crippen LogP contribution is 2.37. The summed E-state index contributed by atoms with van der Waals surface area (Å²) in [4.78, 5) is 0. The van der Waals surface area contributed by atoms with E-state index in [1.54, 1.807) is 0 Å². The van der Waals surface area contributed by atoms with E-state index in [0.717, 1.165) is 34.9 Å². The van der Waals surface area contributed by atoms with Crippen LogP contribution in [0.4, 0.5) is 0 Å². The minimum Gasteiger partial charge on any atom is -0.313 e. The number of nitrogens with one attached hydrogen (secondary N) is 1. The van der Waals surface area contributed by atoms with Crippen LogP contribution in [0.2, 0.25) is 0 Å². The Labute approximate surface area is 119 Å². The first-order valence-electron chi connectivity index (χ1n) is 7.97. The second-order valence-electron chi connectivity index (χ2n) is 6.26. The van der Waals surface area contributed by atoms with Gasteiger partial charge in [0.05, 0.1) is 0 Å². The monoisotopic (exact) mass is 271 g/mol. The summed E-state index contributed by atoms with van der Waals surface area (Å²) in [6.45, 7) is 12.8. The molecular weight excluding hydrogens is 238 g/mol. The normalized spacial score (nSPS) is 30.7. The van der Waals surface area contributed by atoms with Crippen molar-refractivity contribution in [2.45, 2.75) is 83.3 Å². The Hall–Kier alpha value is 0.310. The van der Waals surface area contributed by atoms with Gasteiger partial charge in [0, 0.05) is 16.5 Å². The van der Waals surface area contributed by atoms with Crippen LogP contribution in [-0.2, 0) is 0 Å². The zero-order valence-corrected chi connectivity index (χ0v) is 13.9. The maximum Gasteiger partial charge on any atom is 0.0206 e. The lowest BCUT2D eigenvalue weighted by Crippen LogP contribution is -2.43. The number of hydrogen-bond acceptors (Lipinski definition) is 2. The molecule has 4 unspecified atom stereocenters. The molecule has 1 N–H and O–H groups in total. The van der Waals surface area contributed by atoms with Crippen LogP contribution in [0.1, 0.15) is 66.7 Å². The molecule has 0 aliphatic heterocycles. The summed E-state index contributed by atoms with van der Waals surface area (Å²) in [5, 5.41) is 5.35. The first-order chi connectivity index (χ1) is 8.58. The number of thioether (sulfide) groups is 1. The van der Waals surface area contributed by atoms with Crippen molar-refractivity contribution in [1.29, 1.82) is 0 Å². The lowest BCUT2D eigenvalue weighted by molar-refractivity contribution is 0.289. The van der Waals surface area contributed by atoms with E-state index >= 15 is 0 Å². The molecule has 1 rings (SSSR count). The molecule has 2 heteroatoms. The lowest BCUT2D eigenvalue weighted by Gasteiger charge is -2.38. The standard InChI is InChI=1S/C16H33NS/c1-6-8-14-9-10-15(17-7-2)16(11-14)18-13(5)12(3)4/h12-17H,6-11H2,1-5H3. The van der Waals surface area contributed by atoms with Gasteiger partial charge in [-0.2, -0.15) is 11.8 Å². The summed E-state index contributed by atoms with van der Waals surface area (Å²) in [6, 6.07) is 0.759. The Kier molecular flexibility index (Phi) is 7.70.